The van der Waals surface area contributed by atoms with Crippen LogP contribution in [0.25, 0.3) is 0 Å². The molecule has 17 heavy (non-hydrogen) atoms. The summed E-state index contributed by atoms with van der Waals surface area (Å²) in [6.45, 7) is 1.92. The number of aliphatic hydroxyl groups is 1. The average Bonchev–Trinajstić information content (AvgIpc) is 2.26. The molecule has 0 saturated heterocycles. The van der Waals surface area contributed by atoms with Gasteiger partial charge in [0.15, 0.2) is 0 Å². The molecular weight excluding hydrogens is 248 g/mol. The molecule has 0 aliphatic heterocycles. The molecule has 1 unspecified atom stereocenters. The zero-order chi connectivity index (χ0) is 12.8. The van der Waals surface area contributed by atoms with Crippen molar-refractivity contribution in [1.82, 2.24) is 9.97 Å². The number of hydrogen-bond donors (Lipinski definition) is 2. The van der Waals surface area contributed by atoms with Crippen LogP contribution in [0.2, 0.25) is 5.28 Å². The first-order valence-corrected chi connectivity index (χ1v) is 5.46. The van der Waals surface area contributed by atoms with Crippen LogP contribution in [-0.2, 0) is 0 Å². The lowest BCUT2D eigenvalue weighted by molar-refractivity contribution is -0.384. The largest absolute Gasteiger partial charge is 0.396 e. The molecule has 94 valence electrons. The Balaban J connectivity index is 2.81. The van der Waals surface area contributed by atoms with Gasteiger partial charge in [-0.1, -0.05) is 0 Å². The molecule has 0 aliphatic rings. The maximum absolute atomic E-state index is 10.7. The maximum atomic E-state index is 10.7. The molecule has 1 heterocycles. The molecule has 0 bridgehead atoms. The van der Waals surface area contributed by atoms with E-state index in [1.54, 1.807) is 0 Å². The van der Waals surface area contributed by atoms with Gasteiger partial charge in [0, 0.05) is 12.6 Å². The van der Waals surface area contributed by atoms with Crippen LogP contribution >= 0.6 is 11.6 Å². The van der Waals surface area contributed by atoms with E-state index in [1.165, 1.54) is 0 Å². The van der Waals surface area contributed by atoms with Crippen molar-refractivity contribution in [2.24, 2.45) is 0 Å². The van der Waals surface area contributed by atoms with Crippen LogP contribution in [-0.4, -0.2) is 32.6 Å². The predicted molar refractivity (Wildman–Crippen MR) is 63.1 cm³/mol. The monoisotopic (exact) mass is 260 g/mol. The molecule has 0 radical (unpaired) electrons. The lowest BCUT2D eigenvalue weighted by Crippen LogP contribution is -2.17. The Morgan fingerprint density at radius 1 is 1.71 bits per heavy atom. The van der Waals surface area contributed by atoms with Gasteiger partial charge in [-0.05, 0) is 31.4 Å². The molecule has 1 aromatic rings. The van der Waals surface area contributed by atoms with E-state index >= 15 is 0 Å². The fourth-order valence-electron chi connectivity index (χ4n) is 1.30. The first-order chi connectivity index (χ1) is 8.04. The molecule has 1 atom stereocenters. The lowest BCUT2D eigenvalue weighted by Gasteiger charge is -2.13. The fraction of sp³-hybridized carbons (Fsp3) is 0.556. The van der Waals surface area contributed by atoms with E-state index in [-0.39, 0.29) is 29.4 Å². The van der Waals surface area contributed by atoms with Crippen LogP contribution < -0.4 is 5.32 Å². The van der Waals surface area contributed by atoms with E-state index in [0.29, 0.717) is 12.8 Å². The highest BCUT2D eigenvalue weighted by Gasteiger charge is 2.18. The molecule has 0 fully saturated rings. The summed E-state index contributed by atoms with van der Waals surface area (Å²) < 4.78 is 0. The van der Waals surface area contributed by atoms with E-state index in [0.717, 1.165) is 6.20 Å². The number of aromatic nitrogens is 2. The highest BCUT2D eigenvalue weighted by atomic mass is 35.5. The molecule has 0 spiro atoms. The molecule has 0 aliphatic carbocycles. The Labute approximate surface area is 103 Å². The van der Waals surface area contributed by atoms with Crippen LogP contribution in [0, 0.1) is 10.1 Å². The summed E-state index contributed by atoms with van der Waals surface area (Å²) in [5.41, 5.74) is -0.217. The van der Waals surface area contributed by atoms with Gasteiger partial charge in [0.1, 0.15) is 6.20 Å². The number of rotatable bonds is 6. The molecule has 7 nitrogen and oxygen atoms in total. The van der Waals surface area contributed by atoms with E-state index in [9.17, 15) is 10.1 Å². The van der Waals surface area contributed by atoms with Crippen molar-refractivity contribution in [2.75, 3.05) is 11.9 Å². The van der Waals surface area contributed by atoms with Crippen molar-refractivity contribution in [3.05, 3.63) is 21.6 Å². The highest BCUT2D eigenvalue weighted by Crippen LogP contribution is 2.23. The van der Waals surface area contributed by atoms with Gasteiger partial charge >= 0.3 is 5.69 Å². The first-order valence-electron chi connectivity index (χ1n) is 5.09. The third-order valence-electron chi connectivity index (χ3n) is 2.12. The van der Waals surface area contributed by atoms with Gasteiger partial charge in [-0.15, -0.1) is 0 Å². The summed E-state index contributed by atoms with van der Waals surface area (Å²) in [6, 6.07) is -0.0492. The minimum atomic E-state index is -0.572. The van der Waals surface area contributed by atoms with Crippen molar-refractivity contribution in [3.8, 4) is 0 Å². The van der Waals surface area contributed by atoms with Crippen molar-refractivity contribution in [3.63, 3.8) is 0 Å². The summed E-state index contributed by atoms with van der Waals surface area (Å²) in [5, 5.41) is 22.2. The Morgan fingerprint density at radius 3 is 3.00 bits per heavy atom. The fourth-order valence-corrected chi connectivity index (χ4v) is 1.43. The Kier molecular flexibility index (Phi) is 5.05. The smallest absolute Gasteiger partial charge is 0.329 e. The molecule has 8 heteroatoms. The minimum Gasteiger partial charge on any atom is -0.396 e. The number of hydrogen-bond acceptors (Lipinski definition) is 6. The topological polar surface area (TPSA) is 101 Å². The van der Waals surface area contributed by atoms with Gasteiger partial charge in [-0.25, -0.2) is 4.98 Å². The predicted octanol–water partition coefficient (Wildman–Crippen LogP) is 1.61. The Hall–Kier alpha value is -1.47. The summed E-state index contributed by atoms with van der Waals surface area (Å²) >= 11 is 5.58. The van der Waals surface area contributed by atoms with Gasteiger partial charge in [0.25, 0.3) is 0 Å². The average molecular weight is 261 g/mol. The van der Waals surface area contributed by atoms with Crippen LogP contribution in [0.1, 0.15) is 19.8 Å². The standard InChI is InChI=1S/C9H13ClN4O3/c1-6(3-2-4-15)12-8-7(14(16)17)5-11-9(10)13-8/h5-6,15H,2-4H2,1H3,(H,11,12,13). The normalized spacial score (nSPS) is 12.2. The number of nitro groups is 1. The highest BCUT2D eigenvalue weighted by molar-refractivity contribution is 6.28. The SMILES string of the molecule is CC(CCCO)Nc1nc(Cl)ncc1[N+](=O)[O-]. The van der Waals surface area contributed by atoms with Crippen LogP contribution in [0.5, 0.6) is 0 Å². The molecule has 0 amide bonds. The summed E-state index contributed by atoms with van der Waals surface area (Å²) in [7, 11) is 0. The van der Waals surface area contributed by atoms with Crippen molar-refractivity contribution >= 4 is 23.1 Å². The molecule has 0 saturated carbocycles. The van der Waals surface area contributed by atoms with Gasteiger partial charge in [0.05, 0.1) is 4.92 Å². The van der Waals surface area contributed by atoms with Crippen molar-refractivity contribution in [1.29, 1.82) is 0 Å². The van der Waals surface area contributed by atoms with E-state index < -0.39 is 4.92 Å². The van der Waals surface area contributed by atoms with Gasteiger partial charge in [-0.2, -0.15) is 4.98 Å². The quantitative estimate of drug-likeness (QED) is 0.458. The molecule has 1 aromatic heterocycles. The number of nitrogens with zero attached hydrogens (tertiary/aromatic N) is 3. The van der Waals surface area contributed by atoms with Gasteiger partial charge in [-0.3, -0.25) is 10.1 Å². The number of aliphatic hydroxyl groups excluding tert-OH is 1. The zero-order valence-electron chi connectivity index (χ0n) is 9.26. The van der Waals surface area contributed by atoms with Gasteiger partial charge < -0.3 is 10.4 Å². The van der Waals surface area contributed by atoms with Crippen molar-refractivity contribution in [2.45, 2.75) is 25.8 Å². The Morgan fingerprint density at radius 2 is 2.41 bits per heavy atom. The second kappa shape index (κ2) is 6.31. The van der Waals surface area contributed by atoms with E-state index in [4.69, 9.17) is 16.7 Å². The first kappa shape index (κ1) is 13.6. The molecule has 1 rings (SSSR count). The molecular formula is C9H13ClN4O3. The minimum absolute atomic E-state index is 0.0486. The second-order valence-corrected chi connectivity index (χ2v) is 3.88. The summed E-state index contributed by atoms with van der Waals surface area (Å²) in [6.07, 6.45) is 2.35. The van der Waals surface area contributed by atoms with E-state index in [2.05, 4.69) is 15.3 Å². The van der Waals surface area contributed by atoms with Crippen LogP contribution in [0.3, 0.4) is 0 Å². The maximum Gasteiger partial charge on any atom is 0.329 e. The summed E-state index contributed by atoms with van der Waals surface area (Å²) in [5.74, 6) is 0.0976. The lowest BCUT2D eigenvalue weighted by atomic mass is 10.2. The molecule has 0 aromatic carbocycles. The summed E-state index contributed by atoms with van der Waals surface area (Å²) in [4.78, 5) is 17.5. The number of anilines is 1. The Bertz CT molecular complexity index is 402. The van der Waals surface area contributed by atoms with Crippen LogP contribution in [0.15, 0.2) is 6.20 Å². The third kappa shape index (κ3) is 4.12. The second-order valence-electron chi connectivity index (χ2n) is 3.54. The van der Waals surface area contributed by atoms with Crippen molar-refractivity contribution < 1.29 is 10.0 Å². The zero-order valence-corrected chi connectivity index (χ0v) is 10.0. The number of nitrogens with one attached hydrogen (secondary N) is 1. The number of halogens is 1. The molecule has 2 N–H and O–H groups in total. The van der Waals surface area contributed by atoms with E-state index in [1.807, 2.05) is 6.92 Å². The third-order valence-corrected chi connectivity index (χ3v) is 2.30. The van der Waals surface area contributed by atoms with Crippen LogP contribution in [0.4, 0.5) is 11.5 Å². The van der Waals surface area contributed by atoms with Gasteiger partial charge in [0.2, 0.25) is 11.1 Å².